The topological polar surface area (TPSA) is 115 Å². The monoisotopic (exact) mass is 671 g/mol. The van der Waals surface area contributed by atoms with E-state index in [1.165, 1.54) is 5.56 Å². The number of carbonyl (C=O) groups excluding carboxylic acids is 4. The van der Waals surface area contributed by atoms with E-state index >= 15 is 0 Å². The van der Waals surface area contributed by atoms with E-state index in [-0.39, 0.29) is 37.5 Å². The Morgan fingerprint density at radius 3 is 2.08 bits per heavy atom. The molecular weight excluding hydrogens is 622 g/mol. The number of likely N-dealkylation sites (tertiary alicyclic amines) is 1. The summed E-state index contributed by atoms with van der Waals surface area (Å²) in [6, 6.07) is 19.5. The molecule has 262 valence electrons. The van der Waals surface area contributed by atoms with Gasteiger partial charge in [0, 0.05) is 31.4 Å². The van der Waals surface area contributed by atoms with Crippen molar-refractivity contribution in [1.82, 2.24) is 14.8 Å². The Morgan fingerprint density at radius 1 is 0.816 bits per heavy atom. The number of aryl methyl sites for hydroxylation is 2. The Bertz CT molecular complexity index is 1580. The van der Waals surface area contributed by atoms with Crippen LogP contribution in [0.1, 0.15) is 93.4 Å². The third kappa shape index (κ3) is 10.9. The lowest BCUT2D eigenvalue weighted by molar-refractivity contribution is -0.150. The van der Waals surface area contributed by atoms with E-state index < -0.39 is 29.3 Å². The molecular formula is C39H49N3O7. The fraction of sp³-hybridized carbons (Fsp3) is 0.462. The molecule has 0 spiro atoms. The largest absolute Gasteiger partial charge is 0.466 e. The van der Waals surface area contributed by atoms with Crippen LogP contribution in [0.4, 0.5) is 9.59 Å². The van der Waals surface area contributed by atoms with Crippen LogP contribution in [-0.2, 0) is 38.4 Å². The number of benzene rings is 2. The number of hydrogen-bond donors (Lipinski definition) is 0. The van der Waals surface area contributed by atoms with Crippen LogP contribution < -0.4 is 0 Å². The molecule has 0 radical (unpaired) electrons. The van der Waals surface area contributed by atoms with Crippen molar-refractivity contribution in [3.63, 3.8) is 0 Å². The zero-order chi connectivity index (χ0) is 35.8. The second-order valence-corrected chi connectivity index (χ2v) is 14.4. The van der Waals surface area contributed by atoms with E-state index in [9.17, 15) is 19.2 Å². The molecule has 0 bridgehead atoms. The summed E-state index contributed by atoms with van der Waals surface area (Å²) in [5.41, 5.74) is 2.53. The average Bonchev–Trinajstić information content (AvgIpc) is 3.05. The lowest BCUT2D eigenvalue weighted by atomic mass is 9.79. The number of hydrogen-bond acceptors (Lipinski definition) is 8. The molecule has 2 atom stereocenters. The Balaban J connectivity index is 1.53. The highest BCUT2D eigenvalue weighted by atomic mass is 16.6. The molecule has 1 unspecified atom stereocenters. The van der Waals surface area contributed by atoms with Crippen LogP contribution in [-0.4, -0.2) is 69.7 Å². The normalized spacial score (nSPS) is 16.4. The van der Waals surface area contributed by atoms with Crippen LogP contribution in [0.2, 0.25) is 0 Å². The first-order valence-corrected chi connectivity index (χ1v) is 16.9. The van der Waals surface area contributed by atoms with Crippen LogP contribution in [0.15, 0.2) is 73.1 Å². The summed E-state index contributed by atoms with van der Waals surface area (Å²) in [4.78, 5) is 60.4. The summed E-state index contributed by atoms with van der Waals surface area (Å²) < 4.78 is 16.5. The molecule has 2 aromatic carbocycles. The molecule has 3 aromatic rings. The predicted octanol–water partition coefficient (Wildman–Crippen LogP) is 7.35. The molecule has 2 heterocycles. The minimum Gasteiger partial charge on any atom is -0.466 e. The minimum atomic E-state index is -0.822. The first kappa shape index (κ1) is 37.1. The zero-order valence-electron chi connectivity index (χ0n) is 29.7. The van der Waals surface area contributed by atoms with Crippen molar-refractivity contribution in [2.75, 3.05) is 19.7 Å². The standard InChI is InChI=1S/C39H49N3O7/c1-8-47-35(44)33-26-41(34(43)31-21-28(23-40-24-31)18-17-27-13-10-9-11-14-27)20-19-32(33)30-16-12-15-29(22-30)25-42(36(45)48-38(2,3)4)37(46)49-39(5,6)7/h9-16,21-24,32-33H,8,17-20,25-26H2,1-7H3/t32-,33?/m0/s1. The fourth-order valence-electron chi connectivity index (χ4n) is 5.82. The van der Waals surface area contributed by atoms with Gasteiger partial charge in [-0.2, -0.15) is 0 Å². The Labute approximate surface area is 289 Å². The van der Waals surface area contributed by atoms with Gasteiger partial charge in [-0.05, 0) is 96.0 Å². The molecule has 1 saturated heterocycles. The van der Waals surface area contributed by atoms with Crippen LogP contribution in [0.25, 0.3) is 0 Å². The van der Waals surface area contributed by atoms with Gasteiger partial charge in [-0.3, -0.25) is 14.6 Å². The van der Waals surface area contributed by atoms with Crippen molar-refractivity contribution in [3.05, 3.63) is 101 Å². The van der Waals surface area contributed by atoms with Crippen LogP contribution in [0.3, 0.4) is 0 Å². The van der Waals surface area contributed by atoms with Crippen LogP contribution in [0, 0.1) is 5.92 Å². The number of ether oxygens (including phenoxy) is 3. The van der Waals surface area contributed by atoms with E-state index in [1.54, 1.807) is 71.8 Å². The van der Waals surface area contributed by atoms with Gasteiger partial charge in [-0.15, -0.1) is 0 Å². The number of amides is 3. The van der Waals surface area contributed by atoms with E-state index in [0.717, 1.165) is 28.9 Å². The summed E-state index contributed by atoms with van der Waals surface area (Å²) >= 11 is 0. The van der Waals surface area contributed by atoms with Gasteiger partial charge in [0.1, 0.15) is 11.2 Å². The van der Waals surface area contributed by atoms with Crippen LogP contribution >= 0.6 is 0 Å². The number of rotatable bonds is 9. The van der Waals surface area contributed by atoms with Gasteiger partial charge in [-0.25, -0.2) is 14.5 Å². The van der Waals surface area contributed by atoms with Gasteiger partial charge < -0.3 is 19.1 Å². The number of nitrogens with zero attached hydrogens (tertiary/aromatic N) is 3. The molecule has 1 aliphatic heterocycles. The molecule has 49 heavy (non-hydrogen) atoms. The van der Waals surface area contributed by atoms with Crippen molar-refractivity contribution >= 4 is 24.1 Å². The highest BCUT2D eigenvalue weighted by Crippen LogP contribution is 2.35. The number of piperidine rings is 1. The molecule has 10 heteroatoms. The SMILES string of the molecule is CCOC(=O)C1CN(C(=O)c2cncc(CCc3ccccc3)c2)CC[C@H]1c1cccc(CN(C(=O)OC(C)(C)C)C(=O)OC(C)(C)C)c1. The maximum atomic E-state index is 13.7. The lowest BCUT2D eigenvalue weighted by Crippen LogP contribution is -2.46. The summed E-state index contributed by atoms with van der Waals surface area (Å²) in [6.07, 6.45) is 3.83. The first-order valence-electron chi connectivity index (χ1n) is 16.9. The van der Waals surface area contributed by atoms with Gasteiger partial charge in [-0.1, -0.05) is 54.6 Å². The second kappa shape index (κ2) is 16.1. The molecule has 10 nitrogen and oxygen atoms in total. The Hall–Kier alpha value is -4.73. The first-order chi connectivity index (χ1) is 23.1. The predicted molar refractivity (Wildman–Crippen MR) is 186 cm³/mol. The molecule has 0 aliphatic carbocycles. The van der Waals surface area contributed by atoms with Crippen molar-refractivity contribution < 1.29 is 33.4 Å². The highest BCUT2D eigenvalue weighted by Gasteiger charge is 2.39. The van der Waals surface area contributed by atoms with E-state index in [0.29, 0.717) is 24.1 Å². The number of pyridine rings is 1. The van der Waals surface area contributed by atoms with Crippen molar-refractivity contribution in [2.45, 2.75) is 91.4 Å². The van der Waals surface area contributed by atoms with Crippen LogP contribution in [0.5, 0.6) is 0 Å². The lowest BCUT2D eigenvalue weighted by Gasteiger charge is -2.37. The quantitative estimate of drug-likeness (QED) is 0.171. The number of esters is 1. The molecule has 0 N–H and O–H groups in total. The molecule has 1 aromatic heterocycles. The average molecular weight is 672 g/mol. The Kier molecular flexibility index (Phi) is 12.2. The van der Waals surface area contributed by atoms with Crippen molar-refractivity contribution in [2.24, 2.45) is 5.92 Å². The van der Waals surface area contributed by atoms with Gasteiger partial charge in [0.2, 0.25) is 0 Å². The number of aromatic nitrogens is 1. The summed E-state index contributed by atoms with van der Waals surface area (Å²) in [6.45, 7) is 12.9. The molecule has 1 aliphatic rings. The smallest absolute Gasteiger partial charge is 0.420 e. The molecule has 1 fully saturated rings. The van der Waals surface area contributed by atoms with Crippen molar-refractivity contribution in [1.29, 1.82) is 0 Å². The van der Waals surface area contributed by atoms with Crippen molar-refractivity contribution in [3.8, 4) is 0 Å². The van der Waals surface area contributed by atoms with Gasteiger partial charge in [0.15, 0.2) is 0 Å². The minimum absolute atomic E-state index is 0.0906. The molecule has 3 amide bonds. The highest BCUT2D eigenvalue weighted by molar-refractivity contribution is 5.94. The fourth-order valence-corrected chi connectivity index (χ4v) is 5.82. The number of imide groups is 1. The van der Waals surface area contributed by atoms with E-state index in [4.69, 9.17) is 14.2 Å². The van der Waals surface area contributed by atoms with Gasteiger partial charge in [0.05, 0.1) is 24.6 Å². The van der Waals surface area contributed by atoms with E-state index in [2.05, 4.69) is 17.1 Å². The third-order valence-corrected chi connectivity index (χ3v) is 8.02. The maximum absolute atomic E-state index is 13.7. The summed E-state index contributed by atoms with van der Waals surface area (Å²) in [5, 5.41) is 0. The van der Waals surface area contributed by atoms with Gasteiger partial charge >= 0.3 is 18.2 Å². The van der Waals surface area contributed by atoms with Gasteiger partial charge in [0.25, 0.3) is 5.91 Å². The molecule has 0 saturated carbocycles. The maximum Gasteiger partial charge on any atom is 0.420 e. The summed E-state index contributed by atoms with van der Waals surface area (Å²) in [5.74, 6) is -1.43. The Morgan fingerprint density at radius 2 is 1.45 bits per heavy atom. The molecule has 4 rings (SSSR count). The number of carbonyl (C=O) groups is 4. The van der Waals surface area contributed by atoms with E-state index in [1.807, 2.05) is 42.5 Å². The zero-order valence-corrected chi connectivity index (χ0v) is 29.7. The second-order valence-electron chi connectivity index (χ2n) is 14.4. The third-order valence-electron chi connectivity index (χ3n) is 8.02. The summed E-state index contributed by atoms with van der Waals surface area (Å²) in [7, 11) is 0.